The van der Waals surface area contributed by atoms with Crippen LogP contribution >= 0.6 is 0 Å². The summed E-state index contributed by atoms with van der Waals surface area (Å²) in [5.41, 5.74) is 7.05. The number of aromatic nitrogens is 2. The lowest BCUT2D eigenvalue weighted by molar-refractivity contribution is 0.252. The van der Waals surface area contributed by atoms with Gasteiger partial charge >= 0.3 is 0 Å². The molecule has 4 nitrogen and oxygen atoms in total. The van der Waals surface area contributed by atoms with Gasteiger partial charge in [0.05, 0.1) is 0 Å². The molecule has 0 bridgehead atoms. The van der Waals surface area contributed by atoms with E-state index in [1.165, 1.54) is 60.5 Å². The van der Waals surface area contributed by atoms with Crippen molar-refractivity contribution in [3.8, 4) is 0 Å². The normalized spacial score (nSPS) is 14.8. The Morgan fingerprint density at radius 2 is 1.56 bits per heavy atom. The molecule has 0 atom stereocenters. The first-order chi connectivity index (χ1) is 15.7. The highest BCUT2D eigenvalue weighted by molar-refractivity contribution is 5.56. The summed E-state index contributed by atoms with van der Waals surface area (Å²) in [5.74, 6) is 0. The van der Waals surface area contributed by atoms with Crippen molar-refractivity contribution in [3.05, 3.63) is 83.2 Å². The lowest BCUT2D eigenvalue weighted by atomic mass is 10.1. The van der Waals surface area contributed by atoms with Crippen molar-refractivity contribution in [2.45, 2.75) is 52.5 Å². The van der Waals surface area contributed by atoms with Crippen molar-refractivity contribution >= 4 is 5.69 Å². The van der Waals surface area contributed by atoms with Crippen LogP contribution in [0.1, 0.15) is 41.6 Å². The van der Waals surface area contributed by atoms with E-state index in [0.29, 0.717) is 0 Å². The first-order valence-electron chi connectivity index (χ1n) is 12.3. The molecule has 1 saturated heterocycles. The van der Waals surface area contributed by atoms with E-state index in [0.717, 1.165) is 38.9 Å². The molecule has 1 fully saturated rings. The maximum absolute atomic E-state index is 4.57. The molecule has 0 radical (unpaired) electrons. The van der Waals surface area contributed by atoms with Crippen molar-refractivity contribution in [2.24, 2.45) is 0 Å². The summed E-state index contributed by atoms with van der Waals surface area (Å²) in [6, 6.07) is 19.6. The van der Waals surface area contributed by atoms with Gasteiger partial charge in [0.1, 0.15) is 0 Å². The van der Waals surface area contributed by atoms with Crippen molar-refractivity contribution in [3.63, 3.8) is 0 Å². The highest BCUT2D eigenvalue weighted by Crippen LogP contribution is 2.24. The number of rotatable bonds is 10. The first-order valence-corrected chi connectivity index (χ1v) is 12.3. The number of benzene rings is 2. The molecule has 1 aliphatic rings. The van der Waals surface area contributed by atoms with Gasteiger partial charge in [-0.2, -0.15) is 5.10 Å². The van der Waals surface area contributed by atoms with Gasteiger partial charge in [0.25, 0.3) is 0 Å². The maximum atomic E-state index is 4.57. The molecule has 4 rings (SSSR count). The van der Waals surface area contributed by atoms with Gasteiger partial charge in [-0.25, -0.2) is 0 Å². The maximum Gasteiger partial charge on any atom is 0.0492 e. The van der Waals surface area contributed by atoms with E-state index in [9.17, 15) is 0 Å². The van der Waals surface area contributed by atoms with Crippen LogP contribution in [-0.4, -0.2) is 47.4 Å². The third-order valence-electron chi connectivity index (χ3n) is 6.93. The van der Waals surface area contributed by atoms with Crippen molar-refractivity contribution in [2.75, 3.05) is 37.6 Å². The third kappa shape index (κ3) is 6.01. The summed E-state index contributed by atoms with van der Waals surface area (Å²) in [7, 11) is 0. The molecule has 0 spiro atoms. The topological polar surface area (TPSA) is 24.3 Å². The van der Waals surface area contributed by atoms with Gasteiger partial charge in [0, 0.05) is 50.3 Å². The molecule has 0 N–H and O–H groups in total. The minimum absolute atomic E-state index is 1.01. The Morgan fingerprint density at radius 1 is 0.750 bits per heavy atom. The van der Waals surface area contributed by atoms with Gasteiger partial charge in [0.2, 0.25) is 0 Å². The average Bonchev–Trinajstić information content (AvgIpc) is 3.27. The number of anilines is 1. The smallest absolute Gasteiger partial charge is 0.0492 e. The summed E-state index contributed by atoms with van der Waals surface area (Å²) in [6.45, 7) is 11.3. The van der Waals surface area contributed by atoms with Crippen LogP contribution in [0.2, 0.25) is 0 Å². The van der Waals surface area contributed by atoms with E-state index in [4.69, 9.17) is 0 Å². The lowest BCUT2D eigenvalue weighted by Gasteiger charge is -2.37. The minimum Gasteiger partial charge on any atom is -0.369 e. The number of nitrogens with zero attached hydrogens (tertiary/aromatic N) is 4. The highest BCUT2D eigenvalue weighted by atomic mass is 15.3. The second kappa shape index (κ2) is 11.3. The molecule has 1 aromatic heterocycles. The molecule has 32 heavy (non-hydrogen) atoms. The minimum atomic E-state index is 1.01. The van der Waals surface area contributed by atoms with Crippen molar-refractivity contribution in [1.29, 1.82) is 0 Å². The third-order valence-corrected chi connectivity index (χ3v) is 6.93. The van der Waals surface area contributed by atoms with Crippen LogP contribution < -0.4 is 4.90 Å². The molecule has 4 heteroatoms. The standard InChI is InChI=1S/C28H38N4/c1-24-10-8-15-28(25(24)2)31-22-20-30(21-23-31)18-7-6-14-27-16-17-29-32(27)19-9-13-26-11-4-3-5-12-26/h3-5,8,10-12,15-17H,6-7,9,13-14,18-23H2,1-2H3. The van der Waals surface area contributed by atoms with Gasteiger partial charge in [0.15, 0.2) is 0 Å². The van der Waals surface area contributed by atoms with Gasteiger partial charge in [-0.15, -0.1) is 0 Å². The average molecular weight is 431 g/mol. The fourth-order valence-electron chi connectivity index (χ4n) is 4.78. The Kier molecular flexibility index (Phi) is 8.00. The second-order valence-corrected chi connectivity index (χ2v) is 9.14. The Labute approximate surface area is 193 Å². The molecule has 170 valence electrons. The first kappa shape index (κ1) is 22.6. The predicted molar refractivity (Wildman–Crippen MR) is 134 cm³/mol. The summed E-state index contributed by atoms with van der Waals surface area (Å²) >= 11 is 0. The summed E-state index contributed by atoms with van der Waals surface area (Å²) in [5, 5.41) is 4.57. The molecule has 0 amide bonds. The largest absolute Gasteiger partial charge is 0.369 e. The van der Waals surface area contributed by atoms with Gasteiger partial charge in [-0.1, -0.05) is 42.5 Å². The van der Waals surface area contributed by atoms with Crippen LogP contribution in [0.3, 0.4) is 0 Å². The van der Waals surface area contributed by atoms with Crippen LogP contribution in [0.15, 0.2) is 60.8 Å². The van der Waals surface area contributed by atoms with Crippen LogP contribution in [0, 0.1) is 13.8 Å². The summed E-state index contributed by atoms with van der Waals surface area (Å²) < 4.78 is 2.21. The molecule has 0 aliphatic carbocycles. The number of piperazine rings is 1. The molecule has 1 aliphatic heterocycles. The van der Waals surface area contributed by atoms with E-state index < -0.39 is 0 Å². The molecule has 0 saturated carbocycles. The fourth-order valence-corrected chi connectivity index (χ4v) is 4.78. The van der Waals surface area contributed by atoms with Crippen molar-refractivity contribution < 1.29 is 0 Å². The summed E-state index contributed by atoms with van der Waals surface area (Å²) in [6.07, 6.45) is 7.86. The van der Waals surface area contributed by atoms with Gasteiger partial charge in [-0.3, -0.25) is 9.58 Å². The highest BCUT2D eigenvalue weighted by Gasteiger charge is 2.18. The van der Waals surface area contributed by atoms with Crippen molar-refractivity contribution in [1.82, 2.24) is 14.7 Å². The van der Waals surface area contributed by atoms with E-state index in [-0.39, 0.29) is 0 Å². The van der Waals surface area contributed by atoms with Crippen LogP contribution in [0.25, 0.3) is 0 Å². The Balaban J connectivity index is 1.14. The van der Waals surface area contributed by atoms with E-state index >= 15 is 0 Å². The van der Waals surface area contributed by atoms with Gasteiger partial charge in [-0.05, 0) is 81.3 Å². The molecule has 3 aromatic rings. The van der Waals surface area contributed by atoms with Crippen LogP contribution in [0.5, 0.6) is 0 Å². The van der Waals surface area contributed by atoms with Gasteiger partial charge < -0.3 is 4.90 Å². The predicted octanol–water partition coefficient (Wildman–Crippen LogP) is 5.28. The molecule has 2 aromatic carbocycles. The number of hydrogen-bond donors (Lipinski definition) is 0. The quantitative estimate of drug-likeness (QED) is 0.409. The molecule has 2 heterocycles. The summed E-state index contributed by atoms with van der Waals surface area (Å²) in [4.78, 5) is 5.20. The number of aryl methyl sites for hydroxylation is 4. The number of unbranched alkanes of at least 4 members (excludes halogenated alkanes) is 1. The van der Waals surface area contributed by atoms with Crippen LogP contribution in [-0.2, 0) is 19.4 Å². The lowest BCUT2D eigenvalue weighted by Crippen LogP contribution is -2.46. The molecule has 0 unspecified atom stereocenters. The molecular formula is C28H38N4. The fraction of sp³-hybridized carbons (Fsp3) is 0.464. The zero-order valence-electron chi connectivity index (χ0n) is 19.8. The van der Waals surface area contributed by atoms with E-state index in [1.54, 1.807) is 0 Å². The molecular weight excluding hydrogens is 392 g/mol. The second-order valence-electron chi connectivity index (χ2n) is 9.14. The Bertz CT molecular complexity index is 955. The van der Waals surface area contributed by atoms with E-state index in [2.05, 4.69) is 88.0 Å². The zero-order valence-corrected chi connectivity index (χ0v) is 19.8. The SMILES string of the molecule is Cc1cccc(N2CCN(CCCCc3ccnn3CCCc3ccccc3)CC2)c1C. The number of hydrogen-bond acceptors (Lipinski definition) is 3. The monoisotopic (exact) mass is 430 g/mol. The Hall–Kier alpha value is -2.59. The van der Waals surface area contributed by atoms with Crippen LogP contribution in [0.4, 0.5) is 5.69 Å². The van der Waals surface area contributed by atoms with E-state index in [1.807, 2.05) is 6.20 Å². The zero-order chi connectivity index (χ0) is 22.2. The Morgan fingerprint density at radius 3 is 2.38 bits per heavy atom.